The predicted octanol–water partition coefficient (Wildman–Crippen LogP) is 1.76. The lowest BCUT2D eigenvalue weighted by Crippen LogP contribution is -2.52. The van der Waals surface area contributed by atoms with E-state index in [2.05, 4.69) is 5.32 Å². The monoisotopic (exact) mass is 353 g/mol. The van der Waals surface area contributed by atoms with Crippen molar-refractivity contribution in [1.29, 1.82) is 0 Å². The summed E-state index contributed by atoms with van der Waals surface area (Å²) in [6.07, 6.45) is 1.74. The van der Waals surface area contributed by atoms with Crippen LogP contribution in [0.2, 0.25) is 5.02 Å². The third-order valence-electron chi connectivity index (χ3n) is 4.73. The standard InChI is InChI=1S/C17H21ClFN3O2/c18-13-1-2-14(15(19)11-13)17(24)22-9-7-21(8-10-22)16(23)12-3-5-20-6-4-12/h1-2,11-12,20H,3-10H2. The number of rotatable bonds is 2. The number of hydrogen-bond donors (Lipinski definition) is 1. The molecule has 1 aromatic rings. The molecular formula is C17H21ClFN3O2. The van der Waals surface area contributed by atoms with Crippen molar-refractivity contribution in [2.75, 3.05) is 39.3 Å². The van der Waals surface area contributed by atoms with E-state index in [1.54, 1.807) is 4.90 Å². The van der Waals surface area contributed by atoms with Gasteiger partial charge in [-0.25, -0.2) is 4.39 Å². The van der Waals surface area contributed by atoms with Crippen LogP contribution in [0.1, 0.15) is 23.2 Å². The third kappa shape index (κ3) is 3.70. The molecule has 2 heterocycles. The summed E-state index contributed by atoms with van der Waals surface area (Å²) < 4.78 is 13.9. The van der Waals surface area contributed by atoms with E-state index < -0.39 is 5.82 Å². The highest BCUT2D eigenvalue weighted by atomic mass is 35.5. The summed E-state index contributed by atoms with van der Waals surface area (Å²) in [5, 5.41) is 3.52. The summed E-state index contributed by atoms with van der Waals surface area (Å²) in [6.45, 7) is 3.62. The Morgan fingerprint density at radius 2 is 1.71 bits per heavy atom. The van der Waals surface area contributed by atoms with Gasteiger partial charge in [-0.05, 0) is 44.1 Å². The van der Waals surface area contributed by atoms with Gasteiger partial charge >= 0.3 is 0 Å². The van der Waals surface area contributed by atoms with Gasteiger partial charge in [0.25, 0.3) is 5.91 Å². The van der Waals surface area contributed by atoms with Crippen LogP contribution in [-0.2, 0) is 4.79 Å². The smallest absolute Gasteiger partial charge is 0.256 e. The van der Waals surface area contributed by atoms with E-state index in [0.717, 1.165) is 32.0 Å². The van der Waals surface area contributed by atoms with E-state index in [4.69, 9.17) is 11.6 Å². The van der Waals surface area contributed by atoms with Crippen molar-refractivity contribution in [3.63, 3.8) is 0 Å². The van der Waals surface area contributed by atoms with Gasteiger partial charge in [-0.3, -0.25) is 9.59 Å². The Morgan fingerprint density at radius 3 is 2.33 bits per heavy atom. The molecule has 2 fully saturated rings. The maximum absolute atomic E-state index is 13.9. The summed E-state index contributed by atoms with van der Waals surface area (Å²) in [7, 11) is 0. The molecule has 24 heavy (non-hydrogen) atoms. The molecule has 2 saturated heterocycles. The molecule has 0 atom stereocenters. The molecule has 7 heteroatoms. The van der Waals surface area contributed by atoms with Crippen molar-refractivity contribution in [3.05, 3.63) is 34.6 Å². The minimum atomic E-state index is -0.610. The molecule has 0 bridgehead atoms. The number of amides is 2. The molecule has 2 amide bonds. The zero-order chi connectivity index (χ0) is 17.1. The Balaban J connectivity index is 1.58. The quantitative estimate of drug-likeness (QED) is 0.881. The Labute approximate surface area is 145 Å². The lowest BCUT2D eigenvalue weighted by molar-refractivity contribution is -0.137. The van der Waals surface area contributed by atoms with Crippen molar-refractivity contribution in [2.24, 2.45) is 5.92 Å². The minimum Gasteiger partial charge on any atom is -0.339 e. The van der Waals surface area contributed by atoms with Crippen LogP contribution in [0, 0.1) is 11.7 Å². The van der Waals surface area contributed by atoms with Gasteiger partial charge in [-0.15, -0.1) is 0 Å². The molecule has 2 aliphatic rings. The number of piperidine rings is 1. The van der Waals surface area contributed by atoms with E-state index in [9.17, 15) is 14.0 Å². The zero-order valence-electron chi connectivity index (χ0n) is 13.4. The van der Waals surface area contributed by atoms with Crippen molar-refractivity contribution < 1.29 is 14.0 Å². The number of benzene rings is 1. The van der Waals surface area contributed by atoms with Gasteiger partial charge in [-0.1, -0.05) is 11.6 Å². The molecule has 0 radical (unpaired) electrons. The van der Waals surface area contributed by atoms with Gasteiger partial charge in [0.1, 0.15) is 5.82 Å². The molecule has 0 spiro atoms. The fourth-order valence-electron chi connectivity index (χ4n) is 3.29. The summed E-state index contributed by atoms with van der Waals surface area (Å²) in [4.78, 5) is 28.4. The molecule has 0 aromatic heterocycles. The van der Waals surface area contributed by atoms with Crippen LogP contribution >= 0.6 is 11.6 Å². The summed E-state index contributed by atoms with van der Waals surface area (Å²) in [6, 6.07) is 4.06. The molecule has 0 unspecified atom stereocenters. The first-order chi connectivity index (χ1) is 11.6. The van der Waals surface area contributed by atoms with Crippen molar-refractivity contribution in [1.82, 2.24) is 15.1 Å². The number of carbonyl (C=O) groups excluding carboxylic acids is 2. The number of piperazine rings is 1. The van der Waals surface area contributed by atoms with E-state index in [1.807, 2.05) is 4.90 Å². The lowest BCUT2D eigenvalue weighted by atomic mass is 9.96. The Morgan fingerprint density at radius 1 is 1.08 bits per heavy atom. The van der Waals surface area contributed by atoms with Gasteiger partial charge < -0.3 is 15.1 Å². The topological polar surface area (TPSA) is 52.7 Å². The van der Waals surface area contributed by atoms with Crippen LogP contribution in [0.15, 0.2) is 18.2 Å². The van der Waals surface area contributed by atoms with Crippen molar-refractivity contribution in [2.45, 2.75) is 12.8 Å². The Bertz CT molecular complexity index is 626. The fourth-order valence-corrected chi connectivity index (χ4v) is 3.45. The SMILES string of the molecule is O=C(c1ccc(Cl)cc1F)N1CCN(C(=O)C2CCNCC2)CC1. The van der Waals surface area contributed by atoms with E-state index in [1.165, 1.54) is 12.1 Å². The van der Waals surface area contributed by atoms with Crippen LogP contribution in [0.25, 0.3) is 0 Å². The largest absolute Gasteiger partial charge is 0.339 e. The van der Waals surface area contributed by atoms with Crippen LogP contribution < -0.4 is 5.32 Å². The highest BCUT2D eigenvalue weighted by Crippen LogP contribution is 2.19. The fraction of sp³-hybridized carbons (Fsp3) is 0.529. The first-order valence-electron chi connectivity index (χ1n) is 8.30. The second-order valence-electron chi connectivity index (χ2n) is 6.27. The van der Waals surface area contributed by atoms with Gasteiger partial charge in [-0.2, -0.15) is 0 Å². The maximum Gasteiger partial charge on any atom is 0.256 e. The summed E-state index contributed by atoms with van der Waals surface area (Å²) >= 11 is 5.72. The first-order valence-corrected chi connectivity index (χ1v) is 8.68. The Hall–Kier alpha value is -1.66. The molecule has 1 N–H and O–H groups in total. The number of carbonyl (C=O) groups is 2. The molecule has 1 aromatic carbocycles. The van der Waals surface area contributed by atoms with E-state index in [0.29, 0.717) is 26.2 Å². The highest BCUT2D eigenvalue weighted by Gasteiger charge is 2.30. The molecule has 5 nitrogen and oxygen atoms in total. The number of halogens is 2. The number of nitrogens with zero attached hydrogens (tertiary/aromatic N) is 2. The van der Waals surface area contributed by atoms with Crippen LogP contribution in [-0.4, -0.2) is 60.9 Å². The molecule has 3 rings (SSSR count). The van der Waals surface area contributed by atoms with Crippen LogP contribution in [0.4, 0.5) is 4.39 Å². The predicted molar refractivity (Wildman–Crippen MR) is 89.5 cm³/mol. The second-order valence-corrected chi connectivity index (χ2v) is 6.70. The van der Waals surface area contributed by atoms with Crippen LogP contribution in [0.5, 0.6) is 0 Å². The summed E-state index contributed by atoms with van der Waals surface area (Å²) in [5.41, 5.74) is 0.0255. The van der Waals surface area contributed by atoms with Gasteiger partial charge in [0.2, 0.25) is 5.91 Å². The zero-order valence-corrected chi connectivity index (χ0v) is 14.2. The molecule has 0 saturated carbocycles. The van der Waals surface area contributed by atoms with Gasteiger partial charge in [0.05, 0.1) is 5.56 Å². The lowest BCUT2D eigenvalue weighted by Gasteiger charge is -2.37. The highest BCUT2D eigenvalue weighted by molar-refractivity contribution is 6.30. The van der Waals surface area contributed by atoms with Gasteiger partial charge in [0, 0.05) is 37.1 Å². The minimum absolute atomic E-state index is 0.0255. The average molecular weight is 354 g/mol. The van der Waals surface area contributed by atoms with Crippen molar-refractivity contribution in [3.8, 4) is 0 Å². The first kappa shape index (κ1) is 17.2. The number of nitrogens with one attached hydrogen (secondary N) is 1. The average Bonchev–Trinajstić information content (AvgIpc) is 2.61. The molecule has 130 valence electrons. The number of hydrogen-bond acceptors (Lipinski definition) is 3. The van der Waals surface area contributed by atoms with Crippen LogP contribution in [0.3, 0.4) is 0 Å². The Kier molecular flexibility index (Phi) is 5.36. The molecular weight excluding hydrogens is 333 g/mol. The summed E-state index contributed by atoms with van der Waals surface area (Å²) in [5.74, 6) is -0.692. The molecule has 0 aliphatic carbocycles. The van der Waals surface area contributed by atoms with E-state index >= 15 is 0 Å². The second kappa shape index (κ2) is 7.49. The molecule has 2 aliphatic heterocycles. The van der Waals surface area contributed by atoms with Crippen molar-refractivity contribution >= 4 is 23.4 Å². The van der Waals surface area contributed by atoms with E-state index in [-0.39, 0.29) is 28.3 Å². The van der Waals surface area contributed by atoms with Gasteiger partial charge in [0.15, 0.2) is 0 Å². The third-order valence-corrected chi connectivity index (χ3v) is 4.96. The maximum atomic E-state index is 13.9. The normalized spacial score (nSPS) is 19.4.